The Morgan fingerprint density at radius 2 is 1.91 bits per heavy atom. The van der Waals surface area contributed by atoms with Crippen LogP contribution in [-0.2, 0) is 9.53 Å². The molecule has 5 rings (SSSR count). The van der Waals surface area contributed by atoms with Crippen molar-refractivity contribution in [3.63, 3.8) is 0 Å². The summed E-state index contributed by atoms with van der Waals surface area (Å²) >= 11 is 6.26. The quantitative estimate of drug-likeness (QED) is 0.455. The van der Waals surface area contributed by atoms with E-state index in [2.05, 4.69) is 15.6 Å². The van der Waals surface area contributed by atoms with E-state index in [4.69, 9.17) is 32.0 Å². The van der Waals surface area contributed by atoms with Crippen molar-refractivity contribution in [1.29, 1.82) is 0 Å². The van der Waals surface area contributed by atoms with E-state index in [0.29, 0.717) is 59.7 Å². The third-order valence-electron chi connectivity index (χ3n) is 7.04. The monoisotopic (exact) mass is 501 g/mol. The van der Waals surface area contributed by atoms with Gasteiger partial charge in [-0.1, -0.05) is 11.6 Å². The number of nitrogens with two attached hydrogens (primary N) is 1. The van der Waals surface area contributed by atoms with Crippen LogP contribution in [0.2, 0.25) is 5.02 Å². The summed E-state index contributed by atoms with van der Waals surface area (Å²) in [4.78, 5) is 25.7. The molecule has 186 valence electrons. The maximum absolute atomic E-state index is 14.8. The summed E-state index contributed by atoms with van der Waals surface area (Å²) in [5.41, 5.74) is 7.66. The van der Waals surface area contributed by atoms with E-state index in [1.54, 1.807) is 13.1 Å². The Morgan fingerprint density at radius 1 is 1.17 bits per heavy atom. The Bertz CT molecular complexity index is 1240. The van der Waals surface area contributed by atoms with Gasteiger partial charge in [0.05, 0.1) is 11.9 Å². The number of carbonyl (C=O) groups excluding carboxylic acids is 1. The highest BCUT2D eigenvalue weighted by atomic mass is 35.5. The van der Waals surface area contributed by atoms with Gasteiger partial charge in [-0.15, -0.1) is 0 Å². The molecule has 3 aromatic rings. The second kappa shape index (κ2) is 9.94. The first-order chi connectivity index (χ1) is 16.9. The van der Waals surface area contributed by atoms with Crippen LogP contribution in [0.25, 0.3) is 11.2 Å². The Morgan fingerprint density at radius 3 is 2.63 bits per heavy atom. The van der Waals surface area contributed by atoms with E-state index in [1.165, 1.54) is 12.1 Å². The fourth-order valence-corrected chi connectivity index (χ4v) is 5.11. The summed E-state index contributed by atoms with van der Waals surface area (Å²) < 4.78 is 22.2. The highest BCUT2D eigenvalue weighted by Crippen LogP contribution is 2.38. The smallest absolute Gasteiger partial charge is 0.224 e. The van der Waals surface area contributed by atoms with Crippen LogP contribution < -0.4 is 16.4 Å². The topological polar surface area (TPSA) is 120 Å². The number of benzene rings is 1. The molecule has 0 radical (unpaired) electrons. The van der Waals surface area contributed by atoms with Gasteiger partial charge in [0.2, 0.25) is 17.8 Å². The number of imidazole rings is 1. The highest BCUT2D eigenvalue weighted by molar-refractivity contribution is 6.31. The van der Waals surface area contributed by atoms with Crippen LogP contribution in [0.5, 0.6) is 0 Å². The van der Waals surface area contributed by atoms with Crippen molar-refractivity contribution in [2.75, 3.05) is 23.8 Å². The summed E-state index contributed by atoms with van der Waals surface area (Å²) in [7, 11) is 0. The van der Waals surface area contributed by atoms with Gasteiger partial charge in [-0.2, -0.15) is 4.98 Å². The third kappa shape index (κ3) is 4.90. The number of ether oxygens (including phenoxy) is 1. The van der Waals surface area contributed by atoms with Crippen molar-refractivity contribution in [3.8, 4) is 0 Å². The molecule has 3 heterocycles. The lowest BCUT2D eigenvalue weighted by molar-refractivity contribution is -0.122. The molecule has 1 saturated carbocycles. The molecule has 9 nitrogen and oxygen atoms in total. The summed E-state index contributed by atoms with van der Waals surface area (Å²) in [6.45, 7) is 3.17. The molecule has 1 aromatic carbocycles. The van der Waals surface area contributed by atoms with Gasteiger partial charge < -0.3 is 21.1 Å². The van der Waals surface area contributed by atoms with E-state index in [9.17, 15) is 9.18 Å². The van der Waals surface area contributed by atoms with Crippen LogP contribution in [-0.4, -0.2) is 44.7 Å². The molecule has 0 spiro atoms. The van der Waals surface area contributed by atoms with Crippen LogP contribution >= 0.6 is 11.6 Å². The molecule has 2 fully saturated rings. The molecule has 35 heavy (non-hydrogen) atoms. The molecular weight excluding hydrogens is 473 g/mol. The normalized spacial score (nSPS) is 21.2. The molecule has 2 aromatic heterocycles. The zero-order valence-electron chi connectivity index (χ0n) is 19.6. The molecule has 1 amide bonds. The van der Waals surface area contributed by atoms with Crippen LogP contribution in [0.15, 0.2) is 18.3 Å². The maximum atomic E-state index is 14.8. The second-order valence-electron chi connectivity index (χ2n) is 9.30. The van der Waals surface area contributed by atoms with Gasteiger partial charge in [-0.05, 0) is 63.1 Å². The second-order valence-corrected chi connectivity index (χ2v) is 9.71. The molecule has 4 N–H and O–H groups in total. The van der Waals surface area contributed by atoms with Gasteiger partial charge in [-0.3, -0.25) is 9.36 Å². The Balaban J connectivity index is 1.53. The van der Waals surface area contributed by atoms with Crippen LogP contribution in [0, 0.1) is 18.7 Å². The molecule has 11 heteroatoms. The summed E-state index contributed by atoms with van der Waals surface area (Å²) in [6, 6.07) is 3.12. The number of halogens is 2. The molecule has 0 bridgehead atoms. The van der Waals surface area contributed by atoms with Crippen molar-refractivity contribution >= 4 is 46.3 Å². The minimum atomic E-state index is -0.420. The first-order valence-electron chi connectivity index (χ1n) is 12.0. The lowest BCUT2D eigenvalue weighted by Gasteiger charge is -2.29. The number of hydrogen-bond acceptors (Lipinski definition) is 7. The zero-order chi connectivity index (χ0) is 24.5. The number of rotatable bonds is 6. The molecule has 2 aliphatic rings. The van der Waals surface area contributed by atoms with Crippen LogP contribution in [0.1, 0.15) is 50.1 Å². The van der Waals surface area contributed by atoms with Gasteiger partial charge in [0.1, 0.15) is 11.3 Å². The number of nitrogens with zero attached hydrogens (tertiary/aromatic N) is 4. The third-order valence-corrected chi connectivity index (χ3v) is 7.45. The van der Waals surface area contributed by atoms with Crippen LogP contribution in [0.3, 0.4) is 0 Å². The van der Waals surface area contributed by atoms with E-state index < -0.39 is 5.82 Å². The van der Waals surface area contributed by atoms with Gasteiger partial charge in [0.25, 0.3) is 0 Å². The molecule has 1 saturated heterocycles. The largest absolute Gasteiger partial charge is 0.381 e. The van der Waals surface area contributed by atoms with Gasteiger partial charge in [0.15, 0.2) is 5.65 Å². The standard InChI is InChI=1S/C24H29ClFN7O2/c1-13-17(25)6-7-18(26)20(13)31-24-30-19-12-28-23(29-15-8-10-35-11-9-15)32-22(19)33(24)16-4-2-14(3-5-16)21(27)34/h6-7,12,14-16H,2-5,8-11H2,1H3,(H2,27,34)(H,30,31)(H,28,29,32)/t14-,16-. The Labute approximate surface area is 207 Å². The molecule has 0 unspecified atom stereocenters. The zero-order valence-corrected chi connectivity index (χ0v) is 20.3. The minimum absolute atomic E-state index is 0.0199. The van der Waals surface area contributed by atoms with E-state index in [-0.39, 0.29) is 29.6 Å². The lowest BCUT2D eigenvalue weighted by Crippen LogP contribution is -2.29. The number of primary amides is 1. The van der Waals surface area contributed by atoms with Crippen molar-refractivity contribution in [1.82, 2.24) is 19.5 Å². The molecular formula is C24H29ClFN7O2. The van der Waals surface area contributed by atoms with E-state index in [0.717, 1.165) is 25.7 Å². The summed E-state index contributed by atoms with van der Waals surface area (Å²) in [5, 5.41) is 7.03. The summed E-state index contributed by atoms with van der Waals surface area (Å²) in [5.74, 6) is 0.165. The molecule has 1 aliphatic heterocycles. The number of carbonyl (C=O) groups is 1. The average molecular weight is 502 g/mol. The Kier molecular flexibility index (Phi) is 6.75. The number of hydrogen-bond donors (Lipinski definition) is 3. The Hall–Kier alpha value is -2.98. The fraction of sp³-hybridized carbons (Fsp3) is 0.500. The van der Waals surface area contributed by atoms with Crippen molar-refractivity contribution in [2.24, 2.45) is 11.7 Å². The average Bonchev–Trinajstić information content (AvgIpc) is 3.22. The predicted octanol–water partition coefficient (Wildman–Crippen LogP) is 4.48. The summed E-state index contributed by atoms with van der Waals surface area (Å²) in [6.07, 6.45) is 6.29. The van der Waals surface area contributed by atoms with Crippen LogP contribution in [0.4, 0.5) is 22.0 Å². The van der Waals surface area contributed by atoms with Gasteiger partial charge >= 0.3 is 0 Å². The van der Waals surface area contributed by atoms with Crippen molar-refractivity contribution in [2.45, 2.75) is 57.5 Å². The van der Waals surface area contributed by atoms with Crippen molar-refractivity contribution < 1.29 is 13.9 Å². The number of anilines is 3. The highest BCUT2D eigenvalue weighted by Gasteiger charge is 2.29. The first-order valence-corrected chi connectivity index (χ1v) is 12.4. The van der Waals surface area contributed by atoms with Crippen molar-refractivity contribution in [3.05, 3.63) is 34.7 Å². The number of amides is 1. The number of aromatic nitrogens is 4. The number of fused-ring (bicyclic) bond motifs is 1. The van der Waals surface area contributed by atoms with E-state index >= 15 is 0 Å². The minimum Gasteiger partial charge on any atom is -0.381 e. The molecule has 0 atom stereocenters. The number of nitrogens with one attached hydrogen (secondary N) is 2. The fourth-order valence-electron chi connectivity index (χ4n) is 4.96. The lowest BCUT2D eigenvalue weighted by atomic mass is 9.85. The SMILES string of the molecule is Cc1c(Cl)ccc(F)c1Nc1nc2cnc(NC3CCOCC3)nc2n1[C@H]1CC[C@H](C(N)=O)CC1. The predicted molar refractivity (Wildman–Crippen MR) is 132 cm³/mol. The first kappa shape index (κ1) is 23.7. The van der Waals surface area contributed by atoms with Gasteiger partial charge in [0, 0.05) is 36.2 Å². The maximum Gasteiger partial charge on any atom is 0.224 e. The van der Waals surface area contributed by atoms with E-state index in [1.807, 2.05) is 4.57 Å². The van der Waals surface area contributed by atoms with Gasteiger partial charge in [-0.25, -0.2) is 14.4 Å². The molecule has 1 aliphatic carbocycles.